The lowest BCUT2D eigenvalue weighted by Crippen LogP contribution is -2.35. The molecule has 2 N–H and O–H groups in total. The van der Waals surface area contributed by atoms with Gasteiger partial charge in [-0.15, -0.1) is 0 Å². The van der Waals surface area contributed by atoms with Crippen molar-refractivity contribution < 1.29 is 12.8 Å². The number of sulfonamides is 1. The fraction of sp³-hybridized carbons (Fsp3) is 0.571. The highest BCUT2D eigenvalue weighted by Crippen LogP contribution is 2.37. The molecule has 3 rings (SSSR count). The van der Waals surface area contributed by atoms with Crippen molar-refractivity contribution in [1.82, 2.24) is 4.31 Å². The van der Waals surface area contributed by atoms with Crippen LogP contribution < -0.4 is 5.73 Å². The van der Waals surface area contributed by atoms with Gasteiger partial charge in [0.2, 0.25) is 10.0 Å². The van der Waals surface area contributed by atoms with E-state index >= 15 is 0 Å². The Morgan fingerprint density at radius 1 is 1.19 bits per heavy atom. The number of hydrogen-bond donors (Lipinski definition) is 1. The van der Waals surface area contributed by atoms with Gasteiger partial charge in [0.1, 0.15) is 10.7 Å². The molecule has 1 aromatic carbocycles. The fourth-order valence-electron chi connectivity index (χ4n) is 2.35. The monoisotopic (exact) mass is 376 g/mol. The topological polar surface area (TPSA) is 63.4 Å². The highest BCUT2D eigenvalue weighted by atomic mass is 79.9. The van der Waals surface area contributed by atoms with Crippen LogP contribution in [-0.4, -0.2) is 25.8 Å². The van der Waals surface area contributed by atoms with Gasteiger partial charge >= 0.3 is 0 Å². The van der Waals surface area contributed by atoms with Crippen molar-refractivity contribution in [3.05, 3.63) is 22.4 Å². The SMILES string of the molecule is Nc1cc(F)c(Br)cc1S(=O)(=O)N(CC1CC1)CC1CC1. The number of halogens is 2. The van der Waals surface area contributed by atoms with E-state index in [1.165, 1.54) is 6.07 Å². The van der Waals surface area contributed by atoms with Gasteiger partial charge in [-0.25, -0.2) is 12.8 Å². The molecule has 0 radical (unpaired) electrons. The zero-order chi connectivity index (χ0) is 15.2. The maximum absolute atomic E-state index is 13.5. The first kappa shape index (κ1) is 15.2. The smallest absolute Gasteiger partial charge is 0.245 e. The fourth-order valence-corrected chi connectivity index (χ4v) is 4.56. The predicted molar refractivity (Wildman–Crippen MR) is 82.7 cm³/mol. The van der Waals surface area contributed by atoms with Gasteiger partial charge < -0.3 is 5.73 Å². The quantitative estimate of drug-likeness (QED) is 0.776. The summed E-state index contributed by atoms with van der Waals surface area (Å²) in [6, 6.07) is 2.33. The first-order valence-electron chi connectivity index (χ1n) is 7.12. The second-order valence-electron chi connectivity index (χ2n) is 6.01. The molecule has 0 heterocycles. The molecule has 116 valence electrons. The third kappa shape index (κ3) is 3.40. The average Bonchev–Trinajstić information content (AvgIpc) is 3.27. The second kappa shape index (κ2) is 5.52. The Kier molecular flexibility index (Phi) is 4.00. The third-order valence-corrected chi connectivity index (χ3v) is 6.48. The van der Waals surface area contributed by atoms with Gasteiger partial charge in [0.05, 0.1) is 10.2 Å². The summed E-state index contributed by atoms with van der Waals surface area (Å²) in [5.74, 6) is 0.370. The lowest BCUT2D eigenvalue weighted by atomic mass is 10.3. The predicted octanol–water partition coefficient (Wildman–Crippen LogP) is 2.98. The van der Waals surface area contributed by atoms with E-state index in [-0.39, 0.29) is 15.1 Å². The Balaban J connectivity index is 1.93. The molecule has 0 spiro atoms. The molecule has 2 aliphatic carbocycles. The summed E-state index contributed by atoms with van der Waals surface area (Å²) in [6.07, 6.45) is 4.33. The van der Waals surface area contributed by atoms with Crippen molar-refractivity contribution >= 4 is 31.6 Å². The number of anilines is 1. The van der Waals surface area contributed by atoms with Crippen molar-refractivity contribution in [2.24, 2.45) is 11.8 Å². The lowest BCUT2D eigenvalue weighted by molar-refractivity contribution is 0.382. The Morgan fingerprint density at radius 3 is 2.19 bits per heavy atom. The molecule has 7 heteroatoms. The Morgan fingerprint density at radius 2 is 1.71 bits per heavy atom. The normalized spacial score (nSPS) is 19.2. The average molecular weight is 377 g/mol. The van der Waals surface area contributed by atoms with Crippen LogP contribution in [0.5, 0.6) is 0 Å². The molecule has 0 unspecified atom stereocenters. The number of nitrogens with two attached hydrogens (primary N) is 1. The standard InChI is InChI=1S/C14H18BrFN2O2S/c15-11-5-14(13(17)6-12(11)16)21(19,20)18(7-9-1-2-9)8-10-3-4-10/h5-6,9-10H,1-4,7-8,17H2. The molecule has 0 amide bonds. The number of nitrogens with zero attached hydrogens (tertiary/aromatic N) is 1. The van der Waals surface area contributed by atoms with Crippen LogP contribution in [0.2, 0.25) is 0 Å². The Hall–Kier alpha value is -0.660. The van der Waals surface area contributed by atoms with Crippen molar-refractivity contribution in [1.29, 1.82) is 0 Å². The summed E-state index contributed by atoms with van der Waals surface area (Å²) in [5.41, 5.74) is 5.71. The molecular formula is C14H18BrFN2O2S. The first-order chi connectivity index (χ1) is 9.88. The van der Waals surface area contributed by atoms with E-state index in [9.17, 15) is 12.8 Å². The molecule has 1 aromatic rings. The summed E-state index contributed by atoms with van der Waals surface area (Å²) in [6.45, 7) is 1.10. The molecule has 0 aromatic heterocycles. The van der Waals surface area contributed by atoms with E-state index in [2.05, 4.69) is 15.9 Å². The minimum atomic E-state index is -3.67. The van der Waals surface area contributed by atoms with Crippen LogP contribution in [0.15, 0.2) is 21.5 Å². The number of rotatable bonds is 6. The van der Waals surface area contributed by atoms with Gasteiger partial charge in [0, 0.05) is 13.1 Å². The number of hydrogen-bond acceptors (Lipinski definition) is 3. The molecule has 2 fully saturated rings. The maximum Gasteiger partial charge on any atom is 0.245 e. The summed E-state index contributed by atoms with van der Waals surface area (Å²) < 4.78 is 40.8. The molecule has 0 atom stereocenters. The molecule has 0 bridgehead atoms. The van der Waals surface area contributed by atoms with Crippen molar-refractivity contribution in [3.8, 4) is 0 Å². The van der Waals surface area contributed by atoms with Crippen molar-refractivity contribution in [2.75, 3.05) is 18.8 Å². The molecule has 21 heavy (non-hydrogen) atoms. The number of benzene rings is 1. The van der Waals surface area contributed by atoms with Crippen molar-refractivity contribution in [3.63, 3.8) is 0 Å². The van der Waals surface area contributed by atoms with E-state index in [0.29, 0.717) is 24.9 Å². The van der Waals surface area contributed by atoms with E-state index in [4.69, 9.17) is 5.73 Å². The van der Waals surface area contributed by atoms with Gasteiger partial charge in [-0.1, -0.05) is 0 Å². The molecule has 0 aliphatic heterocycles. The van der Waals surface area contributed by atoms with Crippen LogP contribution in [-0.2, 0) is 10.0 Å². The molecule has 2 saturated carbocycles. The highest BCUT2D eigenvalue weighted by molar-refractivity contribution is 9.10. The minimum Gasteiger partial charge on any atom is -0.398 e. The molecule has 4 nitrogen and oxygen atoms in total. The zero-order valence-corrected chi connectivity index (χ0v) is 14.0. The van der Waals surface area contributed by atoms with Crippen LogP contribution in [0.25, 0.3) is 0 Å². The van der Waals surface area contributed by atoms with E-state index in [1.54, 1.807) is 4.31 Å². The van der Waals surface area contributed by atoms with Gasteiger partial charge in [0.25, 0.3) is 0 Å². The molecule has 2 aliphatic rings. The summed E-state index contributed by atoms with van der Waals surface area (Å²) in [5, 5.41) is 0. The zero-order valence-electron chi connectivity index (χ0n) is 11.6. The van der Waals surface area contributed by atoms with E-state index < -0.39 is 15.8 Å². The van der Waals surface area contributed by atoms with Crippen LogP contribution in [0, 0.1) is 17.7 Å². The Labute approximate surface area is 132 Å². The van der Waals surface area contributed by atoms with Gasteiger partial charge in [-0.05, 0) is 65.6 Å². The van der Waals surface area contributed by atoms with Gasteiger partial charge in [-0.3, -0.25) is 0 Å². The molecular weight excluding hydrogens is 359 g/mol. The van der Waals surface area contributed by atoms with Gasteiger partial charge in [-0.2, -0.15) is 4.31 Å². The maximum atomic E-state index is 13.5. The number of nitrogen functional groups attached to an aromatic ring is 1. The van der Waals surface area contributed by atoms with Crippen LogP contribution in [0.3, 0.4) is 0 Å². The van der Waals surface area contributed by atoms with Crippen LogP contribution in [0.4, 0.5) is 10.1 Å². The van der Waals surface area contributed by atoms with Gasteiger partial charge in [0.15, 0.2) is 0 Å². The van der Waals surface area contributed by atoms with Crippen LogP contribution in [0.1, 0.15) is 25.7 Å². The summed E-state index contributed by atoms with van der Waals surface area (Å²) in [7, 11) is -3.67. The first-order valence-corrected chi connectivity index (χ1v) is 9.36. The van der Waals surface area contributed by atoms with E-state index in [1.807, 2.05) is 0 Å². The molecule has 0 saturated heterocycles. The largest absolute Gasteiger partial charge is 0.398 e. The summed E-state index contributed by atoms with van der Waals surface area (Å²) >= 11 is 3.03. The summed E-state index contributed by atoms with van der Waals surface area (Å²) in [4.78, 5) is -0.00271. The second-order valence-corrected chi connectivity index (χ2v) is 8.77. The van der Waals surface area contributed by atoms with Crippen molar-refractivity contribution in [2.45, 2.75) is 30.6 Å². The highest BCUT2D eigenvalue weighted by Gasteiger charge is 2.36. The minimum absolute atomic E-state index is 0.00271. The Bertz CT molecular complexity index is 643. The third-order valence-electron chi connectivity index (χ3n) is 3.99. The van der Waals surface area contributed by atoms with E-state index in [0.717, 1.165) is 31.7 Å². The van der Waals surface area contributed by atoms with Crippen LogP contribution >= 0.6 is 15.9 Å². The lowest BCUT2D eigenvalue weighted by Gasteiger charge is -2.23.